The van der Waals surface area contributed by atoms with Gasteiger partial charge in [0.05, 0.1) is 6.10 Å². The molecule has 0 aromatic heterocycles. The summed E-state index contributed by atoms with van der Waals surface area (Å²) in [7, 11) is 0. The van der Waals surface area contributed by atoms with Gasteiger partial charge in [0.1, 0.15) is 0 Å². The summed E-state index contributed by atoms with van der Waals surface area (Å²) in [5.74, 6) is 0. The first-order valence-electron chi connectivity index (χ1n) is 7.19. The Balaban J connectivity index is 2.90. The number of ether oxygens (including phenoxy) is 1. The molecule has 2 nitrogen and oxygen atoms in total. The van der Waals surface area contributed by atoms with Crippen LogP contribution in [0.15, 0.2) is 18.2 Å². The highest BCUT2D eigenvalue weighted by atomic mass is 16.5. The summed E-state index contributed by atoms with van der Waals surface area (Å²) >= 11 is 0. The van der Waals surface area contributed by atoms with Crippen LogP contribution in [0.1, 0.15) is 44.4 Å². The predicted octanol–water partition coefficient (Wildman–Crippen LogP) is 3.62. The van der Waals surface area contributed by atoms with E-state index in [0.717, 1.165) is 6.42 Å². The van der Waals surface area contributed by atoms with Crippen molar-refractivity contribution < 1.29 is 4.74 Å². The molecule has 2 unspecified atom stereocenters. The average molecular weight is 263 g/mol. The van der Waals surface area contributed by atoms with Gasteiger partial charge in [0.2, 0.25) is 0 Å². The Morgan fingerprint density at radius 3 is 2.11 bits per heavy atom. The van der Waals surface area contributed by atoms with Crippen LogP contribution in [0.25, 0.3) is 0 Å². The molecule has 2 heteroatoms. The van der Waals surface area contributed by atoms with E-state index in [1.54, 1.807) is 0 Å². The van der Waals surface area contributed by atoms with Crippen molar-refractivity contribution in [2.75, 3.05) is 6.61 Å². The summed E-state index contributed by atoms with van der Waals surface area (Å²) in [5, 5.41) is 0. The molecular formula is C17H29NO. The van der Waals surface area contributed by atoms with E-state index in [9.17, 15) is 0 Å². The fraction of sp³-hybridized carbons (Fsp3) is 0.647. The van der Waals surface area contributed by atoms with Crippen molar-refractivity contribution in [2.24, 2.45) is 11.1 Å². The van der Waals surface area contributed by atoms with Gasteiger partial charge in [-0.15, -0.1) is 0 Å². The minimum Gasteiger partial charge on any atom is -0.376 e. The first kappa shape index (κ1) is 16.2. The lowest BCUT2D eigenvalue weighted by Gasteiger charge is -2.35. The van der Waals surface area contributed by atoms with E-state index in [1.165, 1.54) is 16.7 Å². The molecule has 0 saturated heterocycles. The Bertz CT molecular complexity index is 386. The first-order chi connectivity index (χ1) is 8.77. The summed E-state index contributed by atoms with van der Waals surface area (Å²) in [6.07, 6.45) is 0.956. The Hall–Kier alpha value is -0.860. The average Bonchev–Trinajstić information content (AvgIpc) is 2.29. The number of aryl methyl sites for hydroxylation is 2. The molecule has 1 aromatic rings. The summed E-state index contributed by atoms with van der Waals surface area (Å²) in [6.45, 7) is 13.6. The Kier molecular flexibility index (Phi) is 5.57. The van der Waals surface area contributed by atoms with Gasteiger partial charge in [-0.25, -0.2) is 0 Å². The normalized spacial score (nSPS) is 15.3. The van der Waals surface area contributed by atoms with Crippen LogP contribution in [0, 0.1) is 19.3 Å². The standard InChI is InChI=1S/C17H29NO/c1-7-19-16(17(4,5)6)15(18)11-14-12(2)9-8-10-13(14)3/h8-10,15-16H,7,11,18H2,1-6H3. The summed E-state index contributed by atoms with van der Waals surface area (Å²) < 4.78 is 5.90. The van der Waals surface area contributed by atoms with Crippen molar-refractivity contribution in [3.63, 3.8) is 0 Å². The van der Waals surface area contributed by atoms with Crippen molar-refractivity contribution >= 4 is 0 Å². The highest BCUT2D eigenvalue weighted by Gasteiger charge is 2.31. The van der Waals surface area contributed by atoms with Gasteiger partial charge < -0.3 is 10.5 Å². The number of nitrogens with two attached hydrogens (primary N) is 1. The van der Waals surface area contributed by atoms with Crippen LogP contribution in [-0.2, 0) is 11.2 Å². The topological polar surface area (TPSA) is 35.2 Å². The van der Waals surface area contributed by atoms with Crippen LogP contribution >= 0.6 is 0 Å². The second-order valence-corrected chi connectivity index (χ2v) is 6.48. The first-order valence-corrected chi connectivity index (χ1v) is 7.19. The molecule has 2 N–H and O–H groups in total. The van der Waals surface area contributed by atoms with Crippen molar-refractivity contribution in [1.82, 2.24) is 0 Å². The van der Waals surface area contributed by atoms with Crippen molar-refractivity contribution in [2.45, 2.75) is 60.1 Å². The van der Waals surface area contributed by atoms with Crippen LogP contribution in [0.5, 0.6) is 0 Å². The van der Waals surface area contributed by atoms with Gasteiger partial charge >= 0.3 is 0 Å². The highest BCUT2D eigenvalue weighted by Crippen LogP contribution is 2.27. The molecule has 0 heterocycles. The van der Waals surface area contributed by atoms with Crippen LogP contribution in [-0.4, -0.2) is 18.8 Å². The lowest BCUT2D eigenvalue weighted by molar-refractivity contribution is -0.0274. The maximum Gasteiger partial charge on any atom is 0.0777 e. The van der Waals surface area contributed by atoms with Crippen LogP contribution in [0.3, 0.4) is 0 Å². The van der Waals surface area contributed by atoms with Crippen LogP contribution < -0.4 is 5.73 Å². The highest BCUT2D eigenvalue weighted by molar-refractivity contribution is 5.34. The lowest BCUT2D eigenvalue weighted by Crippen LogP contribution is -2.46. The molecular weight excluding hydrogens is 234 g/mol. The van der Waals surface area contributed by atoms with E-state index < -0.39 is 0 Å². The molecule has 0 fully saturated rings. The largest absolute Gasteiger partial charge is 0.376 e. The SMILES string of the molecule is CCOC(C(N)Cc1c(C)cccc1C)C(C)(C)C. The van der Waals surface area contributed by atoms with Crippen molar-refractivity contribution in [3.8, 4) is 0 Å². The zero-order chi connectivity index (χ0) is 14.6. The molecule has 0 amide bonds. The molecule has 19 heavy (non-hydrogen) atoms. The predicted molar refractivity (Wildman–Crippen MR) is 82.5 cm³/mol. The van der Waals surface area contributed by atoms with E-state index in [4.69, 9.17) is 10.5 Å². The van der Waals surface area contributed by atoms with E-state index in [1.807, 2.05) is 6.92 Å². The van der Waals surface area contributed by atoms with Gasteiger partial charge in [0.25, 0.3) is 0 Å². The smallest absolute Gasteiger partial charge is 0.0777 e. The molecule has 0 saturated carbocycles. The number of hydrogen-bond donors (Lipinski definition) is 1. The summed E-state index contributed by atoms with van der Waals surface area (Å²) in [4.78, 5) is 0. The van der Waals surface area contributed by atoms with Gasteiger partial charge in [-0.2, -0.15) is 0 Å². The molecule has 1 aromatic carbocycles. The van der Waals surface area contributed by atoms with Crippen molar-refractivity contribution in [3.05, 3.63) is 34.9 Å². The van der Waals surface area contributed by atoms with E-state index in [-0.39, 0.29) is 17.6 Å². The number of benzene rings is 1. The van der Waals surface area contributed by atoms with Crippen molar-refractivity contribution in [1.29, 1.82) is 0 Å². The third-order valence-corrected chi connectivity index (χ3v) is 3.67. The molecule has 0 spiro atoms. The second-order valence-electron chi connectivity index (χ2n) is 6.48. The maximum atomic E-state index is 6.43. The molecule has 2 atom stereocenters. The van der Waals surface area contributed by atoms with Crippen LogP contribution in [0.4, 0.5) is 0 Å². The zero-order valence-electron chi connectivity index (χ0n) is 13.3. The van der Waals surface area contributed by atoms with Gasteiger partial charge in [-0.1, -0.05) is 39.0 Å². The molecule has 1 rings (SSSR count). The maximum absolute atomic E-state index is 6.43. The van der Waals surface area contributed by atoms with Gasteiger partial charge in [0, 0.05) is 12.6 Å². The fourth-order valence-electron chi connectivity index (χ4n) is 2.71. The Morgan fingerprint density at radius 2 is 1.68 bits per heavy atom. The molecule has 0 aliphatic carbocycles. The molecule has 0 radical (unpaired) electrons. The molecule has 108 valence electrons. The van der Waals surface area contributed by atoms with Gasteiger partial charge in [-0.05, 0) is 49.3 Å². The minimum atomic E-state index is 0.0275. The van der Waals surface area contributed by atoms with Gasteiger partial charge in [-0.3, -0.25) is 0 Å². The van der Waals surface area contributed by atoms with E-state index in [2.05, 4.69) is 52.8 Å². The van der Waals surface area contributed by atoms with E-state index in [0.29, 0.717) is 6.61 Å². The minimum absolute atomic E-state index is 0.0275. The molecule has 0 aliphatic rings. The third kappa shape index (κ3) is 4.32. The van der Waals surface area contributed by atoms with E-state index >= 15 is 0 Å². The molecule has 0 aliphatic heterocycles. The monoisotopic (exact) mass is 263 g/mol. The third-order valence-electron chi connectivity index (χ3n) is 3.67. The molecule has 0 bridgehead atoms. The summed E-state index contributed by atoms with van der Waals surface area (Å²) in [5.41, 5.74) is 10.5. The Morgan fingerprint density at radius 1 is 1.16 bits per heavy atom. The fourth-order valence-corrected chi connectivity index (χ4v) is 2.71. The lowest BCUT2D eigenvalue weighted by atomic mass is 9.81. The zero-order valence-corrected chi connectivity index (χ0v) is 13.3. The van der Waals surface area contributed by atoms with Gasteiger partial charge in [0.15, 0.2) is 0 Å². The van der Waals surface area contributed by atoms with Crippen LogP contribution in [0.2, 0.25) is 0 Å². The number of hydrogen-bond acceptors (Lipinski definition) is 2. The number of rotatable bonds is 5. The second kappa shape index (κ2) is 6.53. The quantitative estimate of drug-likeness (QED) is 0.880. The summed E-state index contributed by atoms with van der Waals surface area (Å²) in [6, 6.07) is 6.44. The Labute approximate surface area is 118 Å².